The zero-order valence-electron chi connectivity index (χ0n) is 9.92. The minimum Gasteiger partial charge on any atom is -0.300 e. The number of benzene rings is 1. The summed E-state index contributed by atoms with van der Waals surface area (Å²) >= 11 is 0. The van der Waals surface area contributed by atoms with E-state index in [1.54, 1.807) is 0 Å². The van der Waals surface area contributed by atoms with Gasteiger partial charge in [0.1, 0.15) is 5.78 Å². The van der Waals surface area contributed by atoms with Crippen LogP contribution in [0.4, 0.5) is 0 Å². The molecule has 0 aromatic heterocycles. The van der Waals surface area contributed by atoms with Gasteiger partial charge in [-0.15, -0.1) is 0 Å². The summed E-state index contributed by atoms with van der Waals surface area (Å²) < 4.78 is 0. The summed E-state index contributed by atoms with van der Waals surface area (Å²) in [4.78, 5) is 11.5. The number of ketones is 1. The van der Waals surface area contributed by atoms with Crippen molar-refractivity contribution in [1.29, 1.82) is 0 Å². The normalized spacial score (nSPS) is 12.5. The van der Waals surface area contributed by atoms with Crippen LogP contribution in [0.3, 0.4) is 0 Å². The van der Waals surface area contributed by atoms with Crippen molar-refractivity contribution in [3.8, 4) is 0 Å². The van der Waals surface area contributed by atoms with E-state index in [-0.39, 0.29) is 0 Å². The molecule has 82 valence electrons. The Hall–Kier alpha value is -1.11. The van der Waals surface area contributed by atoms with E-state index in [0.717, 1.165) is 12.8 Å². The van der Waals surface area contributed by atoms with Crippen LogP contribution in [-0.4, -0.2) is 5.78 Å². The van der Waals surface area contributed by atoms with Gasteiger partial charge in [-0.3, -0.25) is 4.79 Å². The molecule has 1 atom stereocenters. The second-order valence-electron chi connectivity index (χ2n) is 4.30. The molecule has 15 heavy (non-hydrogen) atoms. The third kappa shape index (κ3) is 3.86. The largest absolute Gasteiger partial charge is 0.300 e. The average molecular weight is 204 g/mol. The minimum absolute atomic E-state index is 0.352. The first-order chi connectivity index (χ1) is 7.13. The molecule has 1 rings (SSSR count). The molecule has 0 N–H and O–H groups in total. The Morgan fingerprint density at radius 2 is 1.87 bits per heavy atom. The van der Waals surface area contributed by atoms with Crippen LogP contribution in [0.1, 0.15) is 50.2 Å². The van der Waals surface area contributed by atoms with Crippen molar-refractivity contribution in [2.45, 2.75) is 46.0 Å². The number of rotatable bonds is 5. The molecular weight excluding hydrogens is 184 g/mol. The standard InChI is InChI=1S/C14H20O/c1-4-5-14(15)10-12(3)13-8-6-11(2)7-9-13/h6-9,12H,4-5,10H2,1-3H3. The lowest BCUT2D eigenvalue weighted by atomic mass is 9.94. The maximum atomic E-state index is 11.5. The first kappa shape index (κ1) is 12.0. The van der Waals surface area contributed by atoms with Gasteiger partial charge in [0.05, 0.1) is 0 Å². The second kappa shape index (κ2) is 5.69. The van der Waals surface area contributed by atoms with E-state index in [1.165, 1.54) is 11.1 Å². The fourth-order valence-corrected chi connectivity index (χ4v) is 1.74. The lowest BCUT2D eigenvalue weighted by Gasteiger charge is -2.10. The zero-order chi connectivity index (χ0) is 11.3. The summed E-state index contributed by atoms with van der Waals surface area (Å²) in [6, 6.07) is 8.46. The van der Waals surface area contributed by atoms with E-state index in [9.17, 15) is 4.79 Å². The lowest BCUT2D eigenvalue weighted by molar-refractivity contribution is -0.119. The van der Waals surface area contributed by atoms with Crippen molar-refractivity contribution in [3.63, 3.8) is 0 Å². The molecule has 1 unspecified atom stereocenters. The molecule has 0 aliphatic carbocycles. The van der Waals surface area contributed by atoms with Crippen LogP contribution in [0.15, 0.2) is 24.3 Å². The predicted octanol–water partition coefficient (Wildman–Crippen LogP) is 3.86. The van der Waals surface area contributed by atoms with Gasteiger partial charge in [0, 0.05) is 12.8 Å². The molecule has 0 heterocycles. The fourth-order valence-electron chi connectivity index (χ4n) is 1.74. The topological polar surface area (TPSA) is 17.1 Å². The summed E-state index contributed by atoms with van der Waals surface area (Å²) in [5, 5.41) is 0. The maximum Gasteiger partial charge on any atom is 0.133 e. The van der Waals surface area contributed by atoms with Crippen LogP contribution < -0.4 is 0 Å². The first-order valence-electron chi connectivity index (χ1n) is 5.71. The highest BCUT2D eigenvalue weighted by Crippen LogP contribution is 2.20. The van der Waals surface area contributed by atoms with E-state index in [1.807, 2.05) is 0 Å². The molecule has 1 aromatic carbocycles. The molecule has 0 radical (unpaired) electrons. The third-order valence-electron chi connectivity index (χ3n) is 2.71. The Morgan fingerprint density at radius 1 is 1.27 bits per heavy atom. The number of aryl methyl sites for hydroxylation is 1. The lowest BCUT2D eigenvalue weighted by Crippen LogP contribution is -2.03. The van der Waals surface area contributed by atoms with Gasteiger partial charge < -0.3 is 0 Å². The molecule has 0 aliphatic heterocycles. The molecule has 0 fully saturated rings. The SMILES string of the molecule is CCCC(=O)CC(C)c1ccc(C)cc1. The molecule has 1 nitrogen and oxygen atoms in total. The van der Waals surface area contributed by atoms with Gasteiger partial charge in [-0.1, -0.05) is 43.7 Å². The third-order valence-corrected chi connectivity index (χ3v) is 2.71. The molecule has 0 aliphatic rings. The Morgan fingerprint density at radius 3 is 2.40 bits per heavy atom. The van der Waals surface area contributed by atoms with E-state index < -0.39 is 0 Å². The van der Waals surface area contributed by atoms with Crippen LogP contribution in [0.25, 0.3) is 0 Å². The zero-order valence-corrected chi connectivity index (χ0v) is 9.92. The predicted molar refractivity (Wildman–Crippen MR) is 64.1 cm³/mol. The molecule has 0 bridgehead atoms. The van der Waals surface area contributed by atoms with E-state index in [0.29, 0.717) is 18.1 Å². The highest BCUT2D eigenvalue weighted by molar-refractivity contribution is 5.79. The number of hydrogen-bond donors (Lipinski definition) is 0. The summed E-state index contributed by atoms with van der Waals surface area (Å²) in [6.45, 7) is 6.25. The molecule has 1 aromatic rings. The van der Waals surface area contributed by atoms with Crippen molar-refractivity contribution in [1.82, 2.24) is 0 Å². The van der Waals surface area contributed by atoms with Gasteiger partial charge in [-0.25, -0.2) is 0 Å². The van der Waals surface area contributed by atoms with Crippen molar-refractivity contribution in [2.75, 3.05) is 0 Å². The Labute approximate surface area is 92.5 Å². The van der Waals surface area contributed by atoms with E-state index in [4.69, 9.17) is 0 Å². The smallest absolute Gasteiger partial charge is 0.133 e. The molecule has 0 amide bonds. The van der Waals surface area contributed by atoms with E-state index >= 15 is 0 Å². The van der Waals surface area contributed by atoms with Crippen LogP contribution >= 0.6 is 0 Å². The van der Waals surface area contributed by atoms with Crippen molar-refractivity contribution >= 4 is 5.78 Å². The molecule has 0 saturated heterocycles. The van der Waals surface area contributed by atoms with Gasteiger partial charge >= 0.3 is 0 Å². The highest BCUT2D eigenvalue weighted by Gasteiger charge is 2.09. The molecule has 0 saturated carbocycles. The molecule has 0 spiro atoms. The monoisotopic (exact) mass is 204 g/mol. The van der Waals surface area contributed by atoms with Crippen molar-refractivity contribution < 1.29 is 4.79 Å². The summed E-state index contributed by atoms with van der Waals surface area (Å²) in [6.07, 6.45) is 2.35. The van der Waals surface area contributed by atoms with Gasteiger partial charge in [0.2, 0.25) is 0 Å². The summed E-state index contributed by atoms with van der Waals surface area (Å²) in [5.41, 5.74) is 2.54. The number of carbonyl (C=O) groups is 1. The number of Topliss-reactive ketones (excluding diaryl/α,β-unsaturated/α-hetero) is 1. The van der Waals surface area contributed by atoms with Gasteiger partial charge in [-0.05, 0) is 24.8 Å². The second-order valence-corrected chi connectivity index (χ2v) is 4.30. The number of carbonyl (C=O) groups excluding carboxylic acids is 1. The van der Waals surface area contributed by atoms with Crippen molar-refractivity contribution in [2.24, 2.45) is 0 Å². The van der Waals surface area contributed by atoms with Crippen LogP contribution in [0, 0.1) is 6.92 Å². The number of hydrogen-bond acceptors (Lipinski definition) is 1. The average Bonchev–Trinajstić information content (AvgIpc) is 2.18. The molecular formula is C14H20O. The quantitative estimate of drug-likeness (QED) is 0.711. The van der Waals surface area contributed by atoms with Gasteiger partial charge in [-0.2, -0.15) is 0 Å². The fraction of sp³-hybridized carbons (Fsp3) is 0.500. The molecule has 1 heteroatoms. The maximum absolute atomic E-state index is 11.5. The Balaban J connectivity index is 2.57. The van der Waals surface area contributed by atoms with Gasteiger partial charge in [0.15, 0.2) is 0 Å². The highest BCUT2D eigenvalue weighted by atomic mass is 16.1. The van der Waals surface area contributed by atoms with E-state index in [2.05, 4.69) is 45.0 Å². The van der Waals surface area contributed by atoms with Crippen LogP contribution in [-0.2, 0) is 4.79 Å². The summed E-state index contributed by atoms with van der Waals surface area (Å²) in [5.74, 6) is 0.732. The summed E-state index contributed by atoms with van der Waals surface area (Å²) in [7, 11) is 0. The Kier molecular flexibility index (Phi) is 4.54. The van der Waals surface area contributed by atoms with Gasteiger partial charge in [0.25, 0.3) is 0 Å². The van der Waals surface area contributed by atoms with Crippen molar-refractivity contribution in [3.05, 3.63) is 35.4 Å². The Bertz CT molecular complexity index is 311. The first-order valence-corrected chi connectivity index (χ1v) is 5.71. The minimum atomic E-state index is 0.352. The van der Waals surface area contributed by atoms with Crippen LogP contribution in [0.5, 0.6) is 0 Å². The van der Waals surface area contributed by atoms with Crippen LogP contribution in [0.2, 0.25) is 0 Å².